The number of ether oxygens (including phenoxy) is 2. The van der Waals surface area contributed by atoms with Crippen LogP contribution in [0.25, 0.3) is 0 Å². The van der Waals surface area contributed by atoms with E-state index in [1.165, 1.54) is 23.8 Å². The van der Waals surface area contributed by atoms with Crippen molar-refractivity contribution in [3.05, 3.63) is 65.4 Å². The number of nitrogens with zero attached hydrogens (tertiary/aromatic N) is 1. The lowest BCUT2D eigenvalue weighted by molar-refractivity contribution is -0.119. The van der Waals surface area contributed by atoms with Crippen molar-refractivity contribution in [3.63, 3.8) is 0 Å². The topological polar surface area (TPSA) is 60.5 Å². The number of benzene rings is 2. The minimum atomic E-state index is -0.0511. The van der Waals surface area contributed by atoms with Gasteiger partial charge < -0.3 is 14.8 Å². The number of nitrogens with one attached hydrogen (secondary N) is 1. The second-order valence-electron chi connectivity index (χ2n) is 6.61. The van der Waals surface area contributed by atoms with Crippen molar-refractivity contribution >= 4 is 17.2 Å². The van der Waals surface area contributed by atoms with E-state index >= 15 is 0 Å². The summed E-state index contributed by atoms with van der Waals surface area (Å²) in [7, 11) is 0. The predicted octanol–water partition coefficient (Wildman–Crippen LogP) is 5.80. The van der Waals surface area contributed by atoms with Crippen LogP contribution in [0.1, 0.15) is 43.5 Å². The Morgan fingerprint density at radius 2 is 1.93 bits per heavy atom. The average molecular weight is 397 g/mol. The molecule has 0 bridgehead atoms. The first-order valence-electron chi connectivity index (χ1n) is 9.22. The highest BCUT2D eigenvalue weighted by molar-refractivity contribution is 7.15. The van der Waals surface area contributed by atoms with Crippen molar-refractivity contribution in [3.8, 4) is 21.8 Å². The molecule has 3 rings (SSSR count). The zero-order chi connectivity index (χ0) is 20.1. The molecule has 6 heteroatoms. The van der Waals surface area contributed by atoms with Crippen molar-refractivity contribution in [2.75, 3.05) is 0 Å². The lowest BCUT2D eigenvalue weighted by Gasteiger charge is -2.13. The third-order valence-electron chi connectivity index (χ3n) is 4.28. The molecule has 1 atom stereocenters. The van der Waals surface area contributed by atoms with Crippen LogP contribution in [0.3, 0.4) is 0 Å². The maximum Gasteiger partial charge on any atom is 0.282 e. The van der Waals surface area contributed by atoms with Crippen molar-refractivity contribution in [1.29, 1.82) is 0 Å². The van der Waals surface area contributed by atoms with E-state index in [1.54, 1.807) is 6.20 Å². The molecule has 0 aliphatic carbocycles. The molecule has 146 valence electrons. The van der Waals surface area contributed by atoms with Gasteiger partial charge in [0.2, 0.25) is 11.0 Å². The molecule has 0 fully saturated rings. The quantitative estimate of drug-likeness (QED) is 0.549. The van der Waals surface area contributed by atoms with Crippen LogP contribution in [0.4, 0.5) is 0 Å². The van der Waals surface area contributed by atoms with Gasteiger partial charge in [-0.1, -0.05) is 36.8 Å². The van der Waals surface area contributed by atoms with Gasteiger partial charge in [-0.15, -0.1) is 0 Å². The fraction of sp³-hybridized carbons (Fsp3) is 0.273. The van der Waals surface area contributed by atoms with Gasteiger partial charge in [-0.05, 0) is 60.9 Å². The molecule has 1 heterocycles. The molecule has 0 saturated carbocycles. The van der Waals surface area contributed by atoms with Gasteiger partial charge >= 0.3 is 0 Å². The third-order valence-corrected chi connectivity index (χ3v) is 5.03. The maximum atomic E-state index is 11.2. The van der Waals surface area contributed by atoms with Crippen molar-refractivity contribution in [2.24, 2.45) is 0 Å². The molecule has 1 aromatic heterocycles. The molecule has 0 aliphatic heterocycles. The van der Waals surface area contributed by atoms with Crippen LogP contribution in [0.5, 0.6) is 21.8 Å². The molecule has 1 amide bonds. The van der Waals surface area contributed by atoms with Crippen molar-refractivity contribution in [2.45, 2.75) is 40.2 Å². The SMILES string of the molecule is CCc1cc(C)ccc1Oc1ncc(Oc2ccc(C(C)NC(C)=O)cc2)s1. The standard InChI is InChI=1S/C22H24N2O3S/c1-5-17-12-14(2)6-11-20(17)27-22-23-13-21(28-22)26-19-9-7-18(8-10-19)15(3)24-16(4)25/h6-13,15H,5H2,1-4H3,(H,24,25). The van der Waals surface area contributed by atoms with Gasteiger partial charge in [-0.2, -0.15) is 0 Å². The van der Waals surface area contributed by atoms with Crippen molar-refractivity contribution in [1.82, 2.24) is 10.3 Å². The molecule has 28 heavy (non-hydrogen) atoms. The molecule has 0 spiro atoms. The molecule has 1 unspecified atom stereocenters. The Kier molecular flexibility index (Phi) is 6.31. The highest BCUT2D eigenvalue weighted by atomic mass is 32.1. The number of rotatable bonds is 7. The second kappa shape index (κ2) is 8.89. The van der Waals surface area contributed by atoms with E-state index in [9.17, 15) is 4.79 Å². The summed E-state index contributed by atoms with van der Waals surface area (Å²) in [5, 5.41) is 4.06. The summed E-state index contributed by atoms with van der Waals surface area (Å²) in [6.45, 7) is 7.63. The zero-order valence-electron chi connectivity index (χ0n) is 16.5. The Morgan fingerprint density at radius 3 is 2.61 bits per heavy atom. The van der Waals surface area contributed by atoms with E-state index in [4.69, 9.17) is 9.47 Å². The zero-order valence-corrected chi connectivity index (χ0v) is 17.3. The first kappa shape index (κ1) is 19.9. The second-order valence-corrected chi connectivity index (χ2v) is 7.56. The van der Waals surface area contributed by atoms with Crippen LogP contribution < -0.4 is 14.8 Å². The summed E-state index contributed by atoms with van der Waals surface area (Å²) in [5.74, 6) is 1.48. The minimum Gasteiger partial charge on any atom is -0.445 e. The van der Waals surface area contributed by atoms with Gasteiger partial charge in [0.25, 0.3) is 5.19 Å². The van der Waals surface area contributed by atoms with E-state index in [1.807, 2.05) is 43.3 Å². The maximum absolute atomic E-state index is 11.2. The first-order chi connectivity index (χ1) is 13.4. The molecular weight excluding hydrogens is 372 g/mol. The Balaban J connectivity index is 1.65. The number of thiazole rings is 1. The van der Waals surface area contributed by atoms with Crippen LogP contribution in [0.2, 0.25) is 0 Å². The Hall–Kier alpha value is -2.86. The van der Waals surface area contributed by atoms with Crippen LogP contribution in [0, 0.1) is 6.92 Å². The fourth-order valence-electron chi connectivity index (χ4n) is 2.85. The number of aryl methyl sites for hydroxylation is 2. The Bertz CT molecular complexity index is 951. The Morgan fingerprint density at radius 1 is 1.18 bits per heavy atom. The molecule has 0 saturated heterocycles. The molecule has 0 aliphatic rings. The summed E-state index contributed by atoms with van der Waals surface area (Å²) < 4.78 is 11.8. The molecular formula is C22H24N2O3S. The fourth-order valence-corrected chi connectivity index (χ4v) is 3.50. The number of amides is 1. The van der Waals surface area contributed by atoms with Crippen LogP contribution in [-0.2, 0) is 11.2 Å². The van der Waals surface area contributed by atoms with Gasteiger partial charge in [0, 0.05) is 6.92 Å². The van der Waals surface area contributed by atoms with Crippen LogP contribution >= 0.6 is 11.3 Å². The summed E-state index contributed by atoms with van der Waals surface area (Å²) in [5.41, 5.74) is 3.38. The highest BCUT2D eigenvalue weighted by Gasteiger charge is 2.10. The lowest BCUT2D eigenvalue weighted by Crippen LogP contribution is -2.23. The number of carbonyl (C=O) groups excluding carboxylic acids is 1. The number of aromatic nitrogens is 1. The van der Waals surface area contributed by atoms with E-state index in [0.717, 1.165) is 23.3 Å². The van der Waals surface area contributed by atoms with E-state index in [2.05, 4.69) is 30.2 Å². The van der Waals surface area contributed by atoms with Gasteiger partial charge in [0.1, 0.15) is 11.5 Å². The molecule has 1 N–H and O–H groups in total. The summed E-state index contributed by atoms with van der Waals surface area (Å²) in [6.07, 6.45) is 2.56. The number of hydrogen-bond acceptors (Lipinski definition) is 5. The van der Waals surface area contributed by atoms with Crippen LogP contribution in [-0.4, -0.2) is 10.9 Å². The Labute approximate surface area is 169 Å². The number of hydrogen-bond donors (Lipinski definition) is 1. The van der Waals surface area contributed by atoms with E-state index in [0.29, 0.717) is 16.0 Å². The third kappa shape index (κ3) is 5.10. The highest BCUT2D eigenvalue weighted by Crippen LogP contribution is 2.35. The normalized spacial score (nSPS) is 11.7. The molecule has 2 aromatic carbocycles. The first-order valence-corrected chi connectivity index (χ1v) is 10.0. The summed E-state index contributed by atoms with van der Waals surface area (Å²) in [4.78, 5) is 15.5. The van der Waals surface area contributed by atoms with Gasteiger partial charge in [0.05, 0.1) is 12.2 Å². The summed E-state index contributed by atoms with van der Waals surface area (Å²) in [6, 6.07) is 13.7. The van der Waals surface area contributed by atoms with Crippen molar-refractivity contribution < 1.29 is 14.3 Å². The van der Waals surface area contributed by atoms with Crippen LogP contribution in [0.15, 0.2) is 48.7 Å². The molecule has 0 radical (unpaired) electrons. The van der Waals surface area contributed by atoms with E-state index in [-0.39, 0.29) is 11.9 Å². The van der Waals surface area contributed by atoms with Gasteiger partial charge in [-0.25, -0.2) is 4.98 Å². The lowest BCUT2D eigenvalue weighted by atomic mass is 10.1. The predicted molar refractivity (Wildman–Crippen MR) is 111 cm³/mol. The molecule has 5 nitrogen and oxygen atoms in total. The largest absolute Gasteiger partial charge is 0.445 e. The number of carbonyl (C=O) groups is 1. The van der Waals surface area contributed by atoms with Gasteiger partial charge in [0.15, 0.2) is 0 Å². The monoisotopic (exact) mass is 396 g/mol. The average Bonchev–Trinajstić information content (AvgIpc) is 3.10. The van der Waals surface area contributed by atoms with Gasteiger partial charge in [-0.3, -0.25) is 4.79 Å². The smallest absolute Gasteiger partial charge is 0.282 e. The minimum absolute atomic E-state index is 0.0442. The molecule has 3 aromatic rings. The summed E-state index contributed by atoms with van der Waals surface area (Å²) >= 11 is 1.35. The van der Waals surface area contributed by atoms with E-state index < -0.39 is 0 Å².